The van der Waals surface area contributed by atoms with Gasteiger partial charge in [-0.1, -0.05) is 19.3 Å². The van der Waals surface area contributed by atoms with E-state index >= 15 is 0 Å². The second-order valence-electron chi connectivity index (χ2n) is 8.48. The first kappa shape index (κ1) is 25.6. The largest absolute Gasteiger partial charge is 0.185 e. The first-order valence-corrected chi connectivity index (χ1v) is 16.6. The van der Waals surface area contributed by atoms with Gasteiger partial charge in [-0.15, -0.1) is 0 Å². The Morgan fingerprint density at radius 1 is 1.10 bits per heavy atom. The molecular weight excluding hydrogens is 783 g/mol. The van der Waals surface area contributed by atoms with Crippen LogP contribution in [-0.4, -0.2) is 24.6 Å². The first-order valence-electron chi connectivity index (χ1n) is 10.1. The van der Waals surface area contributed by atoms with Gasteiger partial charge in [0.15, 0.2) is 0 Å². The maximum Gasteiger partial charge on any atom is 0.0311 e. The van der Waals surface area contributed by atoms with Gasteiger partial charge in [0.05, 0.1) is 0 Å². The molecule has 162 valence electrons. The van der Waals surface area contributed by atoms with E-state index in [0.29, 0.717) is 0 Å². The number of aromatic nitrogens is 2. The zero-order valence-corrected chi connectivity index (χ0v) is 25.3. The summed E-state index contributed by atoms with van der Waals surface area (Å²) >= 11 is 7.13. The molecule has 1 aromatic heterocycles. The normalized spacial score (nSPS) is 14.8. The molecule has 0 bridgehead atoms. The van der Waals surface area contributed by atoms with Crippen LogP contribution in [-0.2, 0) is 32.9 Å². The van der Waals surface area contributed by atoms with Crippen molar-refractivity contribution in [1.82, 2.24) is 10.5 Å². The predicted molar refractivity (Wildman–Crippen MR) is 139 cm³/mol. The van der Waals surface area contributed by atoms with Crippen LogP contribution in [0.3, 0.4) is 0 Å². The van der Waals surface area contributed by atoms with Crippen LogP contribution in [0.2, 0.25) is 19.6 Å². The second-order valence-corrected chi connectivity index (χ2v) is 18.2. The van der Waals surface area contributed by atoms with Gasteiger partial charge in [0, 0.05) is 51.8 Å². The van der Waals surface area contributed by atoms with E-state index in [1.54, 1.807) is 0 Å². The zero-order chi connectivity index (χ0) is 21.4. The van der Waals surface area contributed by atoms with E-state index in [-0.39, 0.29) is 0 Å². The van der Waals surface area contributed by atoms with E-state index in [1.807, 2.05) is 0 Å². The van der Waals surface area contributed by atoms with Gasteiger partial charge >= 0.3 is 133 Å². The quantitative estimate of drug-likeness (QED) is 0.149. The molecule has 1 aromatic carbocycles. The van der Waals surface area contributed by atoms with Gasteiger partial charge in [0.25, 0.3) is 0 Å². The Kier molecular flexibility index (Phi) is 10.9. The molecule has 3 rings (SSSR count). The molecule has 0 amide bonds. The van der Waals surface area contributed by atoms with Crippen molar-refractivity contribution >= 4 is 53.8 Å². The van der Waals surface area contributed by atoms with Crippen LogP contribution in [0.1, 0.15) is 43.4 Å². The third-order valence-electron chi connectivity index (χ3n) is 4.73. The van der Waals surface area contributed by atoms with Crippen molar-refractivity contribution in [2.45, 2.75) is 64.3 Å². The number of nitrogens with zero attached hydrogens (tertiary/aromatic N) is 3. The van der Waals surface area contributed by atoms with E-state index in [0.717, 1.165) is 18.3 Å². The van der Waals surface area contributed by atoms with Gasteiger partial charge in [0.2, 0.25) is 0 Å². The third kappa shape index (κ3) is 9.14. The Bertz CT molecular complexity index is 883. The summed E-state index contributed by atoms with van der Waals surface area (Å²) in [7, 11) is 0.750. The summed E-state index contributed by atoms with van der Waals surface area (Å²) < 4.78 is 7.92. The molecule has 1 fully saturated rings. The van der Waals surface area contributed by atoms with Gasteiger partial charge in [-0.05, 0) is 12.8 Å². The topological polar surface area (TPSA) is 13.1 Å². The summed E-state index contributed by atoms with van der Waals surface area (Å²) in [6, 6.07) is 11.4. The number of hydrogen-bond donors (Lipinski definition) is 0. The summed E-state index contributed by atoms with van der Waals surface area (Å²) in [6.07, 6.45) is 9.30. The van der Waals surface area contributed by atoms with Gasteiger partial charge in [-0.2, -0.15) is 1.33 Å². The van der Waals surface area contributed by atoms with E-state index in [2.05, 4.69) is 150 Å². The van der Waals surface area contributed by atoms with Gasteiger partial charge in [-0.25, -0.2) is 0 Å². The van der Waals surface area contributed by atoms with Crippen LogP contribution < -0.4 is 0 Å². The summed E-state index contributed by atoms with van der Waals surface area (Å²) in [4.78, 5) is 0. The summed E-state index contributed by atoms with van der Waals surface area (Å²) in [5.74, 6) is 3.35. The summed E-state index contributed by atoms with van der Waals surface area (Å²) in [5.41, 5.74) is 5.84. The van der Waals surface area contributed by atoms with Crippen molar-refractivity contribution in [2.24, 2.45) is 7.05 Å². The predicted octanol–water partition coefficient (Wildman–Crippen LogP) is 6.50. The van der Waals surface area contributed by atoms with Gasteiger partial charge < -0.3 is 0 Å². The second kappa shape index (κ2) is 12.4. The number of imidazole rings is 1. The van der Waals surface area contributed by atoms with E-state index in [9.17, 15) is 0 Å². The maximum absolute atomic E-state index is 3.44. The van der Waals surface area contributed by atoms with Crippen LogP contribution in [0.4, 0.5) is 0 Å². The minimum Gasteiger partial charge on any atom is -0.185 e. The minimum atomic E-state index is -1.33. The number of benzene rings is 1. The Morgan fingerprint density at radius 2 is 1.72 bits per heavy atom. The number of halogens is 2. The van der Waals surface area contributed by atoms with Crippen LogP contribution in [0.5, 0.6) is 0 Å². The monoisotopic (exact) mass is 814 g/mol. The van der Waals surface area contributed by atoms with Crippen molar-refractivity contribution in [3.8, 4) is 11.5 Å². The summed E-state index contributed by atoms with van der Waals surface area (Å²) in [6.45, 7) is 7.70. The molecule has 3 nitrogen and oxygen atoms in total. The van der Waals surface area contributed by atoms with Gasteiger partial charge in [0.1, 0.15) is 0 Å². The average Bonchev–Trinajstić information content (AvgIpc) is 2.96. The van der Waals surface area contributed by atoms with Crippen molar-refractivity contribution in [2.75, 3.05) is 0 Å². The SMILES string of the molecule is Cn1c(C#C[Si](C)(C)C)cn(Cc2ccccc2)[c]1=[Pt].IN(I)C1CCCCC1. The van der Waals surface area contributed by atoms with Crippen molar-refractivity contribution in [3.63, 3.8) is 0 Å². The Balaban J connectivity index is 0.000000278. The fraction of sp³-hybridized carbons (Fsp3) is 0.500. The fourth-order valence-electron chi connectivity index (χ4n) is 3.10. The van der Waals surface area contributed by atoms with E-state index in [4.69, 9.17) is 0 Å². The van der Waals surface area contributed by atoms with Crippen LogP contribution in [0.15, 0.2) is 36.5 Å². The molecule has 2 aromatic rings. The molecule has 0 spiro atoms. The van der Waals surface area contributed by atoms with Crippen molar-refractivity contribution < 1.29 is 19.4 Å². The molecule has 1 heterocycles. The van der Waals surface area contributed by atoms with Gasteiger partial charge in [-0.3, -0.25) is 0 Å². The Hall–Kier alpha value is 0.315. The van der Waals surface area contributed by atoms with Crippen molar-refractivity contribution in [1.29, 1.82) is 0 Å². The third-order valence-corrected chi connectivity index (χ3v) is 8.59. The molecule has 0 N–H and O–H groups in total. The molecule has 29 heavy (non-hydrogen) atoms. The molecular formula is C22H31I2N3PtSi. The van der Waals surface area contributed by atoms with E-state index < -0.39 is 8.07 Å². The number of hydrogen-bond acceptors (Lipinski definition) is 1. The Morgan fingerprint density at radius 3 is 2.24 bits per heavy atom. The molecule has 1 aliphatic carbocycles. The van der Waals surface area contributed by atoms with E-state index in [1.165, 1.54) is 41.5 Å². The van der Waals surface area contributed by atoms with Crippen LogP contribution in [0.25, 0.3) is 0 Å². The molecule has 0 radical (unpaired) electrons. The van der Waals surface area contributed by atoms with Crippen LogP contribution >= 0.6 is 45.7 Å². The Labute approximate surface area is 216 Å². The maximum atomic E-state index is 3.44. The first-order chi connectivity index (χ1) is 13.7. The van der Waals surface area contributed by atoms with Crippen molar-refractivity contribution in [3.05, 3.63) is 51.6 Å². The molecule has 0 unspecified atom stereocenters. The smallest absolute Gasteiger partial charge is 0.0311 e. The molecule has 1 aliphatic rings. The molecule has 1 saturated carbocycles. The standard InChI is InChI=1S/C16H20N2Si.C6H11I2N.Pt/c1-17-14-18(12-15-8-6-5-7-9-15)13-16(17)10-11-19(2,3)4;7-9(8)6-4-2-1-3-5-6;/h5-9,13H,12H2,1-4H3;6H,1-5H2;. The fourth-order valence-corrected chi connectivity index (χ4v) is 5.32. The minimum absolute atomic E-state index is 0.861. The molecule has 0 saturated heterocycles. The zero-order valence-electron chi connectivity index (χ0n) is 17.7. The van der Waals surface area contributed by atoms with Crippen LogP contribution in [0, 0.1) is 15.3 Å². The molecule has 0 atom stereocenters. The molecule has 0 aliphatic heterocycles. The molecule has 7 heteroatoms. The average molecular weight is 814 g/mol. The summed E-state index contributed by atoms with van der Waals surface area (Å²) in [5, 5.41) is 0. The number of rotatable bonds is 3.